The Labute approximate surface area is 132 Å². The van der Waals surface area contributed by atoms with Crippen LogP contribution in [0.2, 0.25) is 0 Å². The van der Waals surface area contributed by atoms with Crippen molar-refractivity contribution in [3.63, 3.8) is 0 Å². The Balaban J connectivity index is 2.48. The highest BCUT2D eigenvalue weighted by molar-refractivity contribution is 9.10. The number of nitriles is 1. The van der Waals surface area contributed by atoms with Crippen LogP contribution in [0.3, 0.4) is 0 Å². The monoisotopic (exact) mass is 364 g/mol. The maximum absolute atomic E-state index is 12.5. The number of halogens is 1. The molecule has 0 unspecified atom stereocenters. The van der Waals surface area contributed by atoms with Crippen LogP contribution in [-0.4, -0.2) is 8.42 Å². The molecule has 0 bridgehead atoms. The Morgan fingerprint density at radius 1 is 1.19 bits per heavy atom. The van der Waals surface area contributed by atoms with E-state index in [1.807, 2.05) is 13.0 Å². The molecule has 2 aromatic carbocycles. The number of sulfonamides is 1. The van der Waals surface area contributed by atoms with Crippen molar-refractivity contribution < 1.29 is 8.42 Å². The van der Waals surface area contributed by atoms with Crippen LogP contribution >= 0.6 is 15.9 Å². The van der Waals surface area contributed by atoms with Crippen molar-refractivity contribution in [2.45, 2.75) is 18.7 Å². The average Bonchev–Trinajstić information content (AvgIpc) is 2.38. The minimum atomic E-state index is -3.76. The summed E-state index contributed by atoms with van der Waals surface area (Å²) in [4.78, 5) is 0.137. The predicted octanol–water partition coefficient (Wildman–Crippen LogP) is 3.74. The van der Waals surface area contributed by atoms with Crippen LogP contribution in [0.15, 0.2) is 45.8 Å². The van der Waals surface area contributed by atoms with Gasteiger partial charge >= 0.3 is 0 Å². The van der Waals surface area contributed by atoms with Crippen LogP contribution in [0.25, 0.3) is 0 Å². The molecule has 1 N–H and O–H groups in total. The molecule has 0 aliphatic rings. The molecule has 6 heteroatoms. The molecule has 0 spiro atoms. The largest absolute Gasteiger partial charge is 0.278 e. The first-order chi connectivity index (χ1) is 9.85. The molecule has 4 nitrogen and oxygen atoms in total. The lowest BCUT2D eigenvalue weighted by Gasteiger charge is -2.12. The normalized spacial score (nSPS) is 11.0. The summed E-state index contributed by atoms with van der Waals surface area (Å²) in [6, 6.07) is 12.1. The minimum Gasteiger partial charge on any atom is -0.278 e. The van der Waals surface area contributed by atoms with Crippen LogP contribution in [-0.2, 0) is 10.0 Å². The Morgan fingerprint density at radius 2 is 1.90 bits per heavy atom. The Bertz CT molecular complexity index is 839. The van der Waals surface area contributed by atoms with Gasteiger partial charge in [-0.15, -0.1) is 0 Å². The van der Waals surface area contributed by atoms with Crippen molar-refractivity contribution in [3.8, 4) is 6.07 Å². The molecule has 0 heterocycles. The van der Waals surface area contributed by atoms with Crippen molar-refractivity contribution >= 4 is 31.6 Å². The third kappa shape index (κ3) is 3.26. The summed E-state index contributed by atoms with van der Waals surface area (Å²) in [6.45, 7) is 3.64. The zero-order valence-corrected chi connectivity index (χ0v) is 13.9. The zero-order valence-electron chi connectivity index (χ0n) is 11.5. The summed E-state index contributed by atoms with van der Waals surface area (Å²) >= 11 is 3.26. The Morgan fingerprint density at radius 3 is 2.52 bits per heavy atom. The van der Waals surface area contributed by atoms with Gasteiger partial charge in [-0.1, -0.05) is 18.2 Å². The molecule has 0 fully saturated rings. The van der Waals surface area contributed by atoms with Gasteiger partial charge in [-0.2, -0.15) is 5.26 Å². The smallest absolute Gasteiger partial charge is 0.263 e. The van der Waals surface area contributed by atoms with Crippen LogP contribution in [0.5, 0.6) is 0 Å². The molecule has 0 amide bonds. The first-order valence-electron chi connectivity index (χ1n) is 6.14. The fraction of sp³-hybridized carbons (Fsp3) is 0.133. The quantitative estimate of drug-likeness (QED) is 0.901. The van der Waals surface area contributed by atoms with Crippen molar-refractivity contribution in [1.29, 1.82) is 5.26 Å². The standard InChI is InChI=1S/C15H13BrN2O2S/c1-10-6-7-15(13(16)8-10)21(19,20)18-14-5-3-4-11(2)12(14)9-17/h3-8,18H,1-2H3. The van der Waals surface area contributed by atoms with Crippen molar-refractivity contribution in [3.05, 3.63) is 57.6 Å². The molecular weight excluding hydrogens is 352 g/mol. The van der Waals surface area contributed by atoms with E-state index in [1.54, 1.807) is 37.3 Å². The lowest BCUT2D eigenvalue weighted by Crippen LogP contribution is -2.14. The molecule has 0 saturated carbocycles. The molecule has 2 aromatic rings. The third-order valence-corrected chi connectivity index (χ3v) is 5.35. The van der Waals surface area contributed by atoms with Gasteiger partial charge in [-0.25, -0.2) is 8.42 Å². The predicted molar refractivity (Wildman–Crippen MR) is 85.6 cm³/mol. The van der Waals surface area contributed by atoms with E-state index in [0.29, 0.717) is 10.0 Å². The van der Waals surface area contributed by atoms with Crippen molar-refractivity contribution in [1.82, 2.24) is 0 Å². The van der Waals surface area contributed by atoms with Gasteiger partial charge in [0.05, 0.1) is 11.3 Å². The molecular formula is C15H13BrN2O2S. The van der Waals surface area contributed by atoms with E-state index in [-0.39, 0.29) is 10.6 Å². The van der Waals surface area contributed by atoms with Gasteiger partial charge < -0.3 is 0 Å². The second-order valence-corrected chi connectivity index (χ2v) is 7.15. The summed E-state index contributed by atoms with van der Waals surface area (Å²) in [7, 11) is -3.76. The zero-order chi connectivity index (χ0) is 15.6. The molecule has 0 aromatic heterocycles. The van der Waals surface area contributed by atoms with Gasteiger partial charge in [-0.3, -0.25) is 4.72 Å². The number of nitrogens with one attached hydrogen (secondary N) is 1. The molecule has 0 aliphatic heterocycles. The maximum atomic E-state index is 12.5. The minimum absolute atomic E-state index is 0.137. The van der Waals surface area contributed by atoms with E-state index < -0.39 is 10.0 Å². The van der Waals surface area contributed by atoms with Gasteiger partial charge in [0.2, 0.25) is 0 Å². The number of nitrogens with zero attached hydrogens (tertiary/aromatic N) is 1. The number of hydrogen-bond donors (Lipinski definition) is 1. The molecule has 2 rings (SSSR count). The van der Waals surface area contributed by atoms with Crippen LogP contribution in [0.4, 0.5) is 5.69 Å². The fourth-order valence-corrected chi connectivity index (χ4v) is 4.19. The summed E-state index contributed by atoms with van der Waals surface area (Å²) in [5.41, 5.74) is 2.28. The molecule has 0 radical (unpaired) electrons. The molecule has 108 valence electrons. The first-order valence-corrected chi connectivity index (χ1v) is 8.41. The van der Waals surface area contributed by atoms with E-state index in [2.05, 4.69) is 20.7 Å². The number of aryl methyl sites for hydroxylation is 2. The van der Waals surface area contributed by atoms with Gasteiger partial charge in [-0.05, 0) is 59.1 Å². The highest BCUT2D eigenvalue weighted by Gasteiger charge is 2.19. The molecule has 0 atom stereocenters. The second kappa shape index (κ2) is 5.88. The van der Waals surface area contributed by atoms with Gasteiger partial charge in [0.25, 0.3) is 10.0 Å². The van der Waals surface area contributed by atoms with Crippen molar-refractivity contribution in [2.24, 2.45) is 0 Å². The number of anilines is 1. The fourth-order valence-electron chi connectivity index (χ4n) is 1.92. The summed E-state index contributed by atoms with van der Waals surface area (Å²) in [5.74, 6) is 0. The topological polar surface area (TPSA) is 70.0 Å². The van der Waals surface area contributed by atoms with Crippen LogP contribution in [0, 0.1) is 25.2 Å². The van der Waals surface area contributed by atoms with Crippen LogP contribution < -0.4 is 4.72 Å². The van der Waals surface area contributed by atoms with E-state index in [1.165, 1.54) is 6.07 Å². The Hall–Kier alpha value is -1.84. The van der Waals surface area contributed by atoms with Gasteiger partial charge in [0.15, 0.2) is 0 Å². The van der Waals surface area contributed by atoms with E-state index >= 15 is 0 Å². The third-order valence-electron chi connectivity index (χ3n) is 3.01. The lowest BCUT2D eigenvalue weighted by molar-refractivity contribution is 0.600. The summed E-state index contributed by atoms with van der Waals surface area (Å²) in [5, 5.41) is 9.16. The highest BCUT2D eigenvalue weighted by atomic mass is 79.9. The number of hydrogen-bond acceptors (Lipinski definition) is 3. The SMILES string of the molecule is Cc1ccc(S(=O)(=O)Nc2cccc(C)c2C#N)c(Br)c1. The lowest BCUT2D eigenvalue weighted by atomic mass is 10.1. The van der Waals surface area contributed by atoms with Crippen molar-refractivity contribution in [2.75, 3.05) is 4.72 Å². The maximum Gasteiger partial charge on any atom is 0.263 e. The molecule has 21 heavy (non-hydrogen) atoms. The van der Waals surface area contributed by atoms with Gasteiger partial charge in [0, 0.05) is 4.47 Å². The van der Waals surface area contributed by atoms with E-state index in [9.17, 15) is 8.42 Å². The molecule has 0 aliphatic carbocycles. The second-order valence-electron chi connectivity index (χ2n) is 4.65. The van der Waals surface area contributed by atoms with Gasteiger partial charge in [0.1, 0.15) is 11.0 Å². The molecule has 0 saturated heterocycles. The summed E-state index contributed by atoms with van der Waals surface area (Å²) < 4.78 is 27.9. The first kappa shape index (κ1) is 15.5. The summed E-state index contributed by atoms with van der Waals surface area (Å²) in [6.07, 6.45) is 0. The van der Waals surface area contributed by atoms with E-state index in [4.69, 9.17) is 5.26 Å². The number of rotatable bonds is 3. The average molecular weight is 365 g/mol. The Kier molecular flexibility index (Phi) is 4.35. The van der Waals surface area contributed by atoms with E-state index in [0.717, 1.165) is 11.1 Å². The number of benzene rings is 2. The highest BCUT2D eigenvalue weighted by Crippen LogP contribution is 2.27. The van der Waals surface area contributed by atoms with Crippen LogP contribution in [0.1, 0.15) is 16.7 Å².